The number of hydrogen-bond donors (Lipinski definition) is 1. The van der Waals surface area contributed by atoms with Crippen LogP contribution in [0.25, 0.3) is 5.69 Å². The Morgan fingerprint density at radius 3 is 2.74 bits per heavy atom. The maximum absolute atomic E-state index is 12.1. The van der Waals surface area contributed by atoms with Gasteiger partial charge in [-0.15, -0.1) is 0 Å². The van der Waals surface area contributed by atoms with E-state index in [1.807, 2.05) is 36.4 Å². The number of nitrogens with one attached hydrogen (secondary N) is 1. The molecule has 5 nitrogen and oxygen atoms in total. The summed E-state index contributed by atoms with van der Waals surface area (Å²) < 4.78 is 2.68. The van der Waals surface area contributed by atoms with Gasteiger partial charge in [-0.2, -0.15) is 5.10 Å². The number of aromatic nitrogens is 3. The maximum atomic E-state index is 12.1. The molecule has 1 amide bonds. The van der Waals surface area contributed by atoms with E-state index in [1.54, 1.807) is 29.5 Å². The van der Waals surface area contributed by atoms with Crippen molar-refractivity contribution in [3.05, 3.63) is 76.8 Å². The summed E-state index contributed by atoms with van der Waals surface area (Å²) in [4.78, 5) is 16.2. The Morgan fingerprint density at radius 1 is 1.17 bits per heavy atom. The van der Waals surface area contributed by atoms with E-state index in [4.69, 9.17) is 0 Å². The average Bonchev–Trinajstić information content (AvgIpc) is 3.06. The fraction of sp³-hybridized carbons (Fsp3) is 0.118. The highest BCUT2D eigenvalue weighted by Crippen LogP contribution is 2.14. The number of amides is 1. The van der Waals surface area contributed by atoms with E-state index >= 15 is 0 Å². The second-order valence-electron chi connectivity index (χ2n) is 5.02. The van der Waals surface area contributed by atoms with Crippen LogP contribution in [-0.4, -0.2) is 27.2 Å². The molecular weight excluding hydrogens is 356 g/mol. The van der Waals surface area contributed by atoms with Crippen molar-refractivity contribution in [1.29, 1.82) is 0 Å². The molecule has 1 aromatic carbocycles. The van der Waals surface area contributed by atoms with Gasteiger partial charge in [-0.1, -0.05) is 22.0 Å². The third kappa shape index (κ3) is 4.04. The highest BCUT2D eigenvalue weighted by molar-refractivity contribution is 9.10. The zero-order valence-electron chi connectivity index (χ0n) is 12.3. The Kier molecular flexibility index (Phi) is 4.83. The van der Waals surface area contributed by atoms with Crippen LogP contribution in [0.1, 0.15) is 15.9 Å². The van der Waals surface area contributed by atoms with Gasteiger partial charge in [0.05, 0.1) is 17.4 Å². The molecule has 23 heavy (non-hydrogen) atoms. The third-order valence-corrected chi connectivity index (χ3v) is 3.89. The van der Waals surface area contributed by atoms with Gasteiger partial charge in [0.25, 0.3) is 5.91 Å². The number of hydrogen-bond acceptors (Lipinski definition) is 3. The molecule has 0 radical (unpaired) electrons. The van der Waals surface area contributed by atoms with Crippen LogP contribution in [0.3, 0.4) is 0 Å². The van der Waals surface area contributed by atoms with Crippen molar-refractivity contribution < 1.29 is 4.79 Å². The number of carbonyl (C=O) groups excluding carboxylic acids is 1. The van der Waals surface area contributed by atoms with Crippen LogP contribution in [0.15, 0.2) is 65.7 Å². The Balaban J connectivity index is 1.59. The molecule has 0 fully saturated rings. The molecule has 3 rings (SSSR count). The Hall–Kier alpha value is -2.47. The second-order valence-corrected chi connectivity index (χ2v) is 5.93. The van der Waals surface area contributed by atoms with Gasteiger partial charge in [-0.3, -0.25) is 9.78 Å². The highest BCUT2D eigenvalue weighted by atomic mass is 79.9. The van der Waals surface area contributed by atoms with Crippen LogP contribution in [0.4, 0.5) is 0 Å². The summed E-state index contributed by atoms with van der Waals surface area (Å²) in [6.45, 7) is 0.563. The number of benzene rings is 1. The lowest BCUT2D eigenvalue weighted by Gasteiger charge is -2.03. The molecule has 0 saturated carbocycles. The first-order valence-corrected chi connectivity index (χ1v) is 7.99. The molecule has 1 N–H and O–H groups in total. The second kappa shape index (κ2) is 7.19. The van der Waals surface area contributed by atoms with Gasteiger partial charge in [0.15, 0.2) is 0 Å². The molecule has 3 aromatic rings. The van der Waals surface area contributed by atoms with Crippen molar-refractivity contribution in [3.8, 4) is 5.69 Å². The Labute approximate surface area is 142 Å². The molecule has 0 aliphatic carbocycles. The topological polar surface area (TPSA) is 59.8 Å². The summed E-state index contributed by atoms with van der Waals surface area (Å²) in [5, 5.41) is 7.13. The van der Waals surface area contributed by atoms with Crippen LogP contribution < -0.4 is 5.32 Å². The SMILES string of the molecule is O=C(NCCc1cccnc1)c1cnn(-c2ccc(Br)cc2)c1. The average molecular weight is 371 g/mol. The smallest absolute Gasteiger partial charge is 0.254 e. The predicted molar refractivity (Wildman–Crippen MR) is 91.5 cm³/mol. The maximum Gasteiger partial charge on any atom is 0.254 e. The zero-order valence-corrected chi connectivity index (χ0v) is 13.9. The van der Waals surface area contributed by atoms with Crippen LogP contribution in [0.5, 0.6) is 0 Å². The first kappa shape index (κ1) is 15.4. The first-order valence-electron chi connectivity index (χ1n) is 7.20. The molecule has 0 saturated heterocycles. The van der Waals surface area contributed by atoms with Crippen LogP contribution >= 0.6 is 15.9 Å². The quantitative estimate of drug-likeness (QED) is 0.750. The normalized spacial score (nSPS) is 10.5. The van der Waals surface area contributed by atoms with Crippen molar-refractivity contribution in [3.63, 3.8) is 0 Å². The molecule has 0 atom stereocenters. The van der Waals surface area contributed by atoms with E-state index in [1.165, 1.54) is 0 Å². The third-order valence-electron chi connectivity index (χ3n) is 3.36. The molecule has 2 heterocycles. The molecular formula is C17H15BrN4O. The van der Waals surface area contributed by atoms with E-state index in [0.29, 0.717) is 12.1 Å². The fourth-order valence-electron chi connectivity index (χ4n) is 2.14. The lowest BCUT2D eigenvalue weighted by atomic mass is 10.2. The first-order chi connectivity index (χ1) is 11.2. The van der Waals surface area contributed by atoms with E-state index in [0.717, 1.165) is 22.1 Å². The molecule has 2 aromatic heterocycles. The lowest BCUT2D eigenvalue weighted by molar-refractivity contribution is 0.0954. The summed E-state index contributed by atoms with van der Waals surface area (Å²) in [5.41, 5.74) is 2.54. The summed E-state index contributed by atoms with van der Waals surface area (Å²) in [6, 6.07) is 11.6. The molecule has 0 bridgehead atoms. The van der Waals surface area contributed by atoms with Gasteiger partial charge in [0.2, 0.25) is 0 Å². The number of carbonyl (C=O) groups is 1. The summed E-state index contributed by atoms with van der Waals surface area (Å²) in [5.74, 6) is -0.128. The van der Waals surface area contributed by atoms with Gasteiger partial charge in [-0.05, 0) is 42.3 Å². The number of nitrogens with zero attached hydrogens (tertiary/aromatic N) is 3. The summed E-state index contributed by atoms with van der Waals surface area (Å²) in [6.07, 6.45) is 7.58. The number of rotatable bonds is 5. The molecule has 0 aliphatic rings. The predicted octanol–water partition coefficient (Wildman–Crippen LogP) is 3.00. The van der Waals surface area contributed by atoms with Gasteiger partial charge in [0, 0.05) is 29.6 Å². The molecule has 0 unspecified atom stereocenters. The standard InChI is InChI=1S/C17H15BrN4O/c18-15-3-5-16(6-4-15)22-12-14(11-21-22)17(23)20-9-7-13-2-1-8-19-10-13/h1-6,8,10-12H,7,9H2,(H,20,23). The van der Waals surface area contributed by atoms with Crippen molar-refractivity contribution in [2.45, 2.75) is 6.42 Å². The van der Waals surface area contributed by atoms with Crippen molar-refractivity contribution in [2.75, 3.05) is 6.54 Å². The highest BCUT2D eigenvalue weighted by Gasteiger charge is 2.09. The van der Waals surface area contributed by atoms with Crippen LogP contribution in [-0.2, 0) is 6.42 Å². The van der Waals surface area contributed by atoms with Crippen molar-refractivity contribution >= 4 is 21.8 Å². The van der Waals surface area contributed by atoms with Crippen LogP contribution in [0.2, 0.25) is 0 Å². The van der Waals surface area contributed by atoms with Gasteiger partial charge in [-0.25, -0.2) is 4.68 Å². The Bertz CT molecular complexity index is 784. The summed E-state index contributed by atoms with van der Waals surface area (Å²) in [7, 11) is 0. The largest absolute Gasteiger partial charge is 0.352 e. The van der Waals surface area contributed by atoms with Crippen LogP contribution in [0, 0.1) is 0 Å². The minimum atomic E-state index is -0.128. The molecule has 0 aliphatic heterocycles. The molecule has 116 valence electrons. The number of halogens is 1. The van der Waals surface area contributed by atoms with Gasteiger partial charge < -0.3 is 5.32 Å². The summed E-state index contributed by atoms with van der Waals surface area (Å²) >= 11 is 3.40. The van der Waals surface area contributed by atoms with E-state index in [-0.39, 0.29) is 5.91 Å². The Morgan fingerprint density at radius 2 is 2.00 bits per heavy atom. The molecule has 0 spiro atoms. The zero-order chi connectivity index (χ0) is 16.1. The van der Waals surface area contributed by atoms with Gasteiger partial charge in [0.1, 0.15) is 0 Å². The monoisotopic (exact) mass is 370 g/mol. The van der Waals surface area contributed by atoms with Crippen molar-refractivity contribution in [1.82, 2.24) is 20.1 Å². The van der Waals surface area contributed by atoms with Crippen molar-refractivity contribution in [2.24, 2.45) is 0 Å². The molecule has 6 heteroatoms. The minimum Gasteiger partial charge on any atom is -0.352 e. The fourth-order valence-corrected chi connectivity index (χ4v) is 2.41. The lowest BCUT2D eigenvalue weighted by Crippen LogP contribution is -2.25. The minimum absolute atomic E-state index is 0.128. The van der Waals surface area contributed by atoms with E-state index in [2.05, 4.69) is 31.3 Å². The van der Waals surface area contributed by atoms with Gasteiger partial charge >= 0.3 is 0 Å². The van der Waals surface area contributed by atoms with E-state index in [9.17, 15) is 4.79 Å². The number of pyridine rings is 1. The van der Waals surface area contributed by atoms with E-state index < -0.39 is 0 Å².